The first-order valence-corrected chi connectivity index (χ1v) is 5.86. The number of carbonyl (C=O) groups excluding carboxylic acids is 2. The predicted octanol–water partition coefficient (Wildman–Crippen LogP) is 0.274. The van der Waals surface area contributed by atoms with Gasteiger partial charge >= 0.3 is 12.4 Å². The Bertz CT molecular complexity index is 395. The summed E-state index contributed by atoms with van der Waals surface area (Å²) in [7, 11) is 1.17. The van der Waals surface area contributed by atoms with E-state index in [-0.39, 0.29) is 13.1 Å². The highest BCUT2D eigenvalue weighted by atomic mass is 19.4. The molecule has 0 aliphatic carbocycles. The Morgan fingerprint density at radius 1 is 1.19 bits per heavy atom. The topological polar surface area (TPSA) is 61.4 Å². The van der Waals surface area contributed by atoms with Crippen molar-refractivity contribution < 1.29 is 35.9 Å². The monoisotopic (exact) mass is 321 g/mol. The normalized spacial score (nSPS) is 20.6. The molecule has 0 aromatic rings. The second-order valence-corrected chi connectivity index (χ2v) is 4.38. The molecule has 122 valence electrons. The fourth-order valence-electron chi connectivity index (χ4n) is 2.00. The van der Waals surface area contributed by atoms with Crippen molar-refractivity contribution in [3.05, 3.63) is 0 Å². The molecule has 1 aliphatic rings. The Kier molecular flexibility index (Phi) is 5.07. The molecule has 0 radical (unpaired) electrons. The molecule has 0 aromatic carbocycles. The summed E-state index contributed by atoms with van der Waals surface area (Å²) in [5, 5.41) is 4.73. The van der Waals surface area contributed by atoms with E-state index in [1.54, 1.807) is 0 Å². The SMILES string of the molecule is CNC(=O)C1CNCCN1C(=O)C(C(F)(F)F)C(F)(F)F. The van der Waals surface area contributed by atoms with Crippen LogP contribution in [0.15, 0.2) is 0 Å². The quantitative estimate of drug-likeness (QED) is 0.718. The van der Waals surface area contributed by atoms with Crippen molar-refractivity contribution in [2.24, 2.45) is 5.92 Å². The van der Waals surface area contributed by atoms with Crippen molar-refractivity contribution in [1.29, 1.82) is 0 Å². The predicted molar refractivity (Wildman–Crippen MR) is 58.0 cm³/mol. The molecule has 21 heavy (non-hydrogen) atoms. The number of rotatable bonds is 2. The van der Waals surface area contributed by atoms with Crippen LogP contribution in [-0.2, 0) is 9.59 Å². The second kappa shape index (κ2) is 6.08. The molecule has 0 bridgehead atoms. The largest absolute Gasteiger partial charge is 0.409 e. The van der Waals surface area contributed by atoms with E-state index in [9.17, 15) is 35.9 Å². The van der Waals surface area contributed by atoms with Gasteiger partial charge in [0.05, 0.1) is 0 Å². The zero-order chi connectivity index (χ0) is 16.4. The van der Waals surface area contributed by atoms with Crippen LogP contribution >= 0.6 is 0 Å². The van der Waals surface area contributed by atoms with Crippen molar-refractivity contribution in [3.63, 3.8) is 0 Å². The summed E-state index contributed by atoms with van der Waals surface area (Å²) in [6.45, 7) is -0.630. The van der Waals surface area contributed by atoms with Gasteiger partial charge in [-0.2, -0.15) is 26.3 Å². The maximum Gasteiger partial charge on any atom is 0.409 e. The number of carbonyl (C=O) groups is 2. The van der Waals surface area contributed by atoms with Gasteiger partial charge in [-0.1, -0.05) is 0 Å². The number of likely N-dealkylation sites (N-methyl/N-ethyl adjacent to an activating group) is 1. The van der Waals surface area contributed by atoms with Gasteiger partial charge in [0.2, 0.25) is 17.7 Å². The third kappa shape index (κ3) is 3.99. The lowest BCUT2D eigenvalue weighted by molar-refractivity contribution is -0.278. The van der Waals surface area contributed by atoms with Crippen LogP contribution in [0.4, 0.5) is 26.3 Å². The summed E-state index contributed by atoms with van der Waals surface area (Å²) >= 11 is 0. The van der Waals surface area contributed by atoms with Gasteiger partial charge in [-0.15, -0.1) is 0 Å². The zero-order valence-corrected chi connectivity index (χ0v) is 10.8. The van der Waals surface area contributed by atoms with E-state index in [0.717, 1.165) is 0 Å². The van der Waals surface area contributed by atoms with E-state index < -0.39 is 42.7 Å². The van der Waals surface area contributed by atoms with Crippen LogP contribution in [0.5, 0.6) is 0 Å². The molecule has 1 aliphatic heterocycles. The van der Waals surface area contributed by atoms with E-state index in [2.05, 4.69) is 10.6 Å². The zero-order valence-electron chi connectivity index (χ0n) is 10.8. The highest BCUT2D eigenvalue weighted by molar-refractivity contribution is 5.89. The van der Waals surface area contributed by atoms with E-state index in [4.69, 9.17) is 0 Å². The van der Waals surface area contributed by atoms with Crippen molar-refractivity contribution >= 4 is 11.8 Å². The maximum atomic E-state index is 12.5. The molecule has 0 saturated carbocycles. The van der Waals surface area contributed by atoms with E-state index in [1.165, 1.54) is 7.05 Å². The summed E-state index contributed by atoms with van der Waals surface area (Å²) in [5.74, 6) is -7.13. The van der Waals surface area contributed by atoms with Crippen molar-refractivity contribution in [2.45, 2.75) is 18.4 Å². The number of nitrogens with zero attached hydrogens (tertiary/aromatic N) is 1. The molecule has 2 N–H and O–H groups in total. The minimum absolute atomic E-state index is 0.00166. The van der Waals surface area contributed by atoms with E-state index >= 15 is 0 Å². The first-order chi connectivity index (χ1) is 9.50. The number of piperazine rings is 1. The molecule has 0 spiro atoms. The van der Waals surface area contributed by atoms with Crippen LogP contribution in [0, 0.1) is 5.92 Å². The van der Waals surface area contributed by atoms with Gasteiger partial charge in [0.25, 0.3) is 0 Å². The summed E-state index contributed by atoms with van der Waals surface area (Å²) in [4.78, 5) is 23.5. The molecule has 5 nitrogen and oxygen atoms in total. The molecule has 0 aromatic heterocycles. The van der Waals surface area contributed by atoms with Crippen molar-refractivity contribution in [2.75, 3.05) is 26.7 Å². The van der Waals surface area contributed by atoms with Crippen LogP contribution in [0.1, 0.15) is 0 Å². The molecule has 1 heterocycles. The molecular weight excluding hydrogens is 308 g/mol. The first kappa shape index (κ1) is 17.5. The number of nitrogens with one attached hydrogen (secondary N) is 2. The Labute approximate surface area is 115 Å². The van der Waals surface area contributed by atoms with E-state index in [1.807, 2.05) is 0 Å². The lowest BCUT2D eigenvalue weighted by Crippen LogP contribution is -2.62. The number of halogens is 6. The molecular formula is C10H13F6N3O2. The molecule has 1 fully saturated rings. The number of hydrogen-bond acceptors (Lipinski definition) is 3. The second-order valence-electron chi connectivity index (χ2n) is 4.38. The Morgan fingerprint density at radius 2 is 1.71 bits per heavy atom. The number of alkyl halides is 6. The smallest absolute Gasteiger partial charge is 0.357 e. The Hall–Kier alpha value is -1.52. The van der Waals surface area contributed by atoms with Crippen molar-refractivity contribution in [3.8, 4) is 0 Å². The molecule has 1 atom stereocenters. The Morgan fingerprint density at radius 3 is 2.14 bits per heavy atom. The van der Waals surface area contributed by atoms with Gasteiger partial charge in [0.1, 0.15) is 6.04 Å². The Balaban J connectivity index is 3.09. The third-order valence-corrected chi connectivity index (χ3v) is 2.98. The van der Waals surface area contributed by atoms with Gasteiger partial charge < -0.3 is 15.5 Å². The molecule has 1 saturated heterocycles. The van der Waals surface area contributed by atoms with Gasteiger partial charge in [-0.25, -0.2) is 0 Å². The maximum absolute atomic E-state index is 12.5. The fraction of sp³-hybridized carbons (Fsp3) is 0.800. The highest BCUT2D eigenvalue weighted by Gasteiger charge is 2.62. The number of amides is 2. The molecule has 11 heteroatoms. The van der Waals surface area contributed by atoms with Crippen LogP contribution in [0.2, 0.25) is 0 Å². The van der Waals surface area contributed by atoms with Crippen LogP contribution in [0.25, 0.3) is 0 Å². The van der Waals surface area contributed by atoms with Crippen LogP contribution in [-0.4, -0.2) is 61.8 Å². The minimum atomic E-state index is -5.77. The third-order valence-electron chi connectivity index (χ3n) is 2.98. The van der Waals surface area contributed by atoms with Gasteiger partial charge in [0.15, 0.2) is 0 Å². The highest BCUT2D eigenvalue weighted by Crippen LogP contribution is 2.40. The summed E-state index contributed by atoms with van der Waals surface area (Å²) in [5.41, 5.74) is 0. The van der Waals surface area contributed by atoms with Crippen molar-refractivity contribution in [1.82, 2.24) is 15.5 Å². The van der Waals surface area contributed by atoms with E-state index in [0.29, 0.717) is 4.90 Å². The van der Waals surface area contributed by atoms with Gasteiger partial charge in [0, 0.05) is 26.7 Å². The standard InChI is InChI=1S/C10H13F6N3O2/c1-17-7(20)5-4-18-2-3-19(5)8(21)6(9(11,12)13)10(14,15)16/h5-6,18H,2-4H2,1H3,(H,17,20). The number of hydrogen-bond donors (Lipinski definition) is 2. The van der Waals surface area contributed by atoms with Crippen LogP contribution in [0.3, 0.4) is 0 Å². The molecule has 1 rings (SSSR count). The summed E-state index contributed by atoms with van der Waals surface area (Å²) < 4.78 is 75.3. The van der Waals surface area contributed by atoms with Gasteiger partial charge in [-0.3, -0.25) is 9.59 Å². The summed E-state index contributed by atoms with van der Waals surface area (Å²) in [6, 6.07) is -1.41. The lowest BCUT2D eigenvalue weighted by atomic mass is 10.0. The molecule has 2 amide bonds. The fourth-order valence-corrected chi connectivity index (χ4v) is 2.00. The molecule has 1 unspecified atom stereocenters. The van der Waals surface area contributed by atoms with Crippen LogP contribution < -0.4 is 10.6 Å². The first-order valence-electron chi connectivity index (χ1n) is 5.86. The average molecular weight is 321 g/mol. The summed E-state index contributed by atoms with van der Waals surface area (Å²) in [6.07, 6.45) is -11.5. The lowest BCUT2D eigenvalue weighted by Gasteiger charge is -2.37. The van der Waals surface area contributed by atoms with Gasteiger partial charge in [-0.05, 0) is 0 Å². The minimum Gasteiger partial charge on any atom is -0.357 e. The average Bonchev–Trinajstić information content (AvgIpc) is 2.34.